The summed E-state index contributed by atoms with van der Waals surface area (Å²) in [6.45, 7) is 0.160. The molecule has 0 spiro atoms. The molecule has 2 nitrogen and oxygen atoms in total. The summed E-state index contributed by atoms with van der Waals surface area (Å²) >= 11 is 5.66. The lowest BCUT2D eigenvalue weighted by atomic mass is 10.2. The molecular weight excluding hydrogens is 272 g/mol. The number of methoxy groups -OCH3 is 1. The largest absolute Gasteiger partial charge is 0.497 e. The molecule has 0 aliphatic carbocycles. The first-order chi connectivity index (χ1) is 9.10. The molecule has 0 radical (unpaired) electrons. The Morgan fingerprint density at radius 2 is 1.89 bits per heavy atom. The molecule has 2 aromatic carbocycles. The summed E-state index contributed by atoms with van der Waals surface area (Å²) in [4.78, 5) is 0. The Balaban J connectivity index is 2.14. The molecule has 0 aliphatic heterocycles. The van der Waals surface area contributed by atoms with Gasteiger partial charge in [-0.3, -0.25) is 0 Å². The van der Waals surface area contributed by atoms with Crippen LogP contribution < -0.4 is 10.1 Å². The first-order valence-corrected chi connectivity index (χ1v) is 5.99. The number of rotatable bonds is 4. The van der Waals surface area contributed by atoms with E-state index in [1.54, 1.807) is 12.1 Å². The Bertz CT molecular complexity index is 590. The van der Waals surface area contributed by atoms with Crippen LogP contribution in [0.4, 0.5) is 14.5 Å². The average molecular weight is 284 g/mol. The van der Waals surface area contributed by atoms with E-state index in [0.717, 1.165) is 0 Å². The molecule has 19 heavy (non-hydrogen) atoms. The Labute approximate surface area is 115 Å². The van der Waals surface area contributed by atoms with Gasteiger partial charge in [-0.1, -0.05) is 17.7 Å². The second-order valence-corrected chi connectivity index (χ2v) is 4.37. The van der Waals surface area contributed by atoms with Gasteiger partial charge in [-0.2, -0.15) is 0 Å². The summed E-state index contributed by atoms with van der Waals surface area (Å²) in [6, 6.07) is 8.69. The van der Waals surface area contributed by atoms with Crippen LogP contribution in [0, 0.1) is 11.6 Å². The van der Waals surface area contributed by atoms with Crippen LogP contribution in [0.2, 0.25) is 5.02 Å². The molecular formula is C14H12ClF2NO. The molecule has 0 heterocycles. The van der Waals surface area contributed by atoms with Gasteiger partial charge in [0.25, 0.3) is 0 Å². The molecule has 0 fully saturated rings. The van der Waals surface area contributed by atoms with Gasteiger partial charge in [0.2, 0.25) is 0 Å². The van der Waals surface area contributed by atoms with Crippen LogP contribution in [0.1, 0.15) is 5.56 Å². The maximum atomic E-state index is 13.6. The monoisotopic (exact) mass is 283 g/mol. The minimum absolute atomic E-state index is 0.160. The lowest BCUT2D eigenvalue weighted by molar-refractivity contribution is 0.414. The summed E-state index contributed by atoms with van der Waals surface area (Å²) in [5.41, 5.74) is 0.667. The van der Waals surface area contributed by atoms with Crippen molar-refractivity contribution in [3.8, 4) is 5.75 Å². The maximum Gasteiger partial charge on any atom is 0.146 e. The minimum atomic E-state index is -0.427. The van der Waals surface area contributed by atoms with Crippen molar-refractivity contribution in [3.63, 3.8) is 0 Å². The Hall–Kier alpha value is -1.81. The molecule has 1 N–H and O–H groups in total. The first-order valence-electron chi connectivity index (χ1n) is 5.61. The van der Waals surface area contributed by atoms with Crippen LogP contribution in [0.3, 0.4) is 0 Å². The first kappa shape index (κ1) is 13.6. The van der Waals surface area contributed by atoms with Gasteiger partial charge in [-0.15, -0.1) is 0 Å². The molecule has 0 saturated carbocycles. The number of benzene rings is 2. The van der Waals surface area contributed by atoms with Crippen molar-refractivity contribution >= 4 is 17.3 Å². The fourth-order valence-corrected chi connectivity index (χ4v) is 1.78. The summed E-state index contributed by atoms with van der Waals surface area (Å²) in [6.07, 6.45) is 0. The highest BCUT2D eigenvalue weighted by molar-refractivity contribution is 6.30. The number of nitrogens with one attached hydrogen (secondary N) is 1. The minimum Gasteiger partial charge on any atom is -0.497 e. The van der Waals surface area contributed by atoms with E-state index in [4.69, 9.17) is 16.3 Å². The van der Waals surface area contributed by atoms with Crippen molar-refractivity contribution in [2.75, 3.05) is 12.4 Å². The molecule has 0 atom stereocenters. The van der Waals surface area contributed by atoms with Gasteiger partial charge in [0, 0.05) is 23.2 Å². The Kier molecular flexibility index (Phi) is 4.22. The molecule has 0 amide bonds. The second kappa shape index (κ2) is 5.89. The number of hydrogen-bond acceptors (Lipinski definition) is 2. The van der Waals surface area contributed by atoms with Crippen LogP contribution in [0.5, 0.6) is 5.75 Å². The van der Waals surface area contributed by atoms with Gasteiger partial charge < -0.3 is 10.1 Å². The predicted octanol–water partition coefficient (Wildman–Crippen LogP) is 4.24. The highest BCUT2D eigenvalue weighted by atomic mass is 35.5. The van der Waals surface area contributed by atoms with E-state index in [9.17, 15) is 8.78 Å². The van der Waals surface area contributed by atoms with Crippen molar-refractivity contribution in [2.24, 2.45) is 0 Å². The molecule has 100 valence electrons. The number of ether oxygens (including phenoxy) is 1. The molecule has 0 bridgehead atoms. The SMILES string of the molecule is COc1ccc(F)c(NCc2ccc(Cl)cc2F)c1. The van der Waals surface area contributed by atoms with Crippen molar-refractivity contribution in [3.05, 3.63) is 58.6 Å². The third-order valence-corrected chi connectivity index (χ3v) is 2.89. The zero-order valence-corrected chi connectivity index (χ0v) is 11.0. The average Bonchev–Trinajstić information content (AvgIpc) is 2.39. The van der Waals surface area contributed by atoms with Gasteiger partial charge in [-0.25, -0.2) is 8.78 Å². The smallest absolute Gasteiger partial charge is 0.146 e. The molecule has 0 unspecified atom stereocenters. The van der Waals surface area contributed by atoms with Gasteiger partial charge in [0.15, 0.2) is 0 Å². The standard InChI is InChI=1S/C14H12ClF2NO/c1-19-11-4-5-12(16)14(7-11)18-8-9-2-3-10(15)6-13(9)17/h2-7,18H,8H2,1H3. The van der Waals surface area contributed by atoms with Crippen molar-refractivity contribution in [1.29, 1.82) is 0 Å². The second-order valence-electron chi connectivity index (χ2n) is 3.94. The highest BCUT2D eigenvalue weighted by Crippen LogP contribution is 2.22. The van der Waals surface area contributed by atoms with E-state index in [0.29, 0.717) is 16.3 Å². The molecule has 5 heteroatoms. The third-order valence-electron chi connectivity index (χ3n) is 2.66. The summed E-state index contributed by atoms with van der Waals surface area (Å²) < 4.78 is 32.1. The zero-order chi connectivity index (χ0) is 13.8. The van der Waals surface area contributed by atoms with Crippen LogP contribution >= 0.6 is 11.6 Å². The third kappa shape index (κ3) is 3.35. The summed E-state index contributed by atoms with van der Waals surface area (Å²) in [5, 5.41) is 3.15. The molecule has 2 rings (SSSR count). The number of halogens is 3. The molecule has 0 saturated heterocycles. The Morgan fingerprint density at radius 1 is 1.11 bits per heavy atom. The van der Waals surface area contributed by atoms with Crippen molar-refractivity contribution in [1.82, 2.24) is 0 Å². The predicted molar refractivity (Wildman–Crippen MR) is 71.7 cm³/mol. The fraction of sp³-hybridized carbons (Fsp3) is 0.143. The van der Waals surface area contributed by atoms with Crippen LogP contribution in [-0.4, -0.2) is 7.11 Å². The fourth-order valence-electron chi connectivity index (χ4n) is 1.62. The maximum absolute atomic E-state index is 13.6. The molecule has 0 aromatic heterocycles. The van der Waals surface area contributed by atoms with Gasteiger partial charge in [-0.05, 0) is 24.3 Å². The van der Waals surface area contributed by atoms with Crippen LogP contribution in [-0.2, 0) is 6.54 Å². The van der Waals surface area contributed by atoms with E-state index >= 15 is 0 Å². The normalized spacial score (nSPS) is 10.3. The topological polar surface area (TPSA) is 21.3 Å². The van der Waals surface area contributed by atoms with Gasteiger partial charge in [0.05, 0.1) is 12.8 Å². The number of hydrogen-bond donors (Lipinski definition) is 1. The summed E-state index contributed by atoms with van der Waals surface area (Å²) in [7, 11) is 1.50. The van der Waals surface area contributed by atoms with Crippen molar-refractivity contribution < 1.29 is 13.5 Å². The highest BCUT2D eigenvalue weighted by Gasteiger charge is 2.06. The van der Waals surface area contributed by atoms with Crippen LogP contribution in [0.15, 0.2) is 36.4 Å². The van der Waals surface area contributed by atoms with E-state index in [1.807, 2.05) is 0 Å². The van der Waals surface area contributed by atoms with E-state index in [2.05, 4.69) is 5.32 Å². The van der Waals surface area contributed by atoms with E-state index < -0.39 is 11.6 Å². The van der Waals surface area contributed by atoms with Gasteiger partial charge in [0.1, 0.15) is 17.4 Å². The lowest BCUT2D eigenvalue weighted by Crippen LogP contribution is -2.03. The van der Waals surface area contributed by atoms with Gasteiger partial charge >= 0.3 is 0 Å². The zero-order valence-electron chi connectivity index (χ0n) is 10.2. The van der Waals surface area contributed by atoms with Crippen LogP contribution in [0.25, 0.3) is 0 Å². The Morgan fingerprint density at radius 3 is 2.58 bits per heavy atom. The van der Waals surface area contributed by atoms with Crippen molar-refractivity contribution in [2.45, 2.75) is 6.54 Å². The lowest BCUT2D eigenvalue weighted by Gasteiger charge is -2.10. The molecule has 2 aromatic rings. The summed E-state index contributed by atoms with van der Waals surface area (Å²) in [5.74, 6) is -0.320. The van der Waals surface area contributed by atoms with E-state index in [-0.39, 0.29) is 12.2 Å². The number of anilines is 1. The van der Waals surface area contributed by atoms with E-state index in [1.165, 1.54) is 31.4 Å². The molecule has 0 aliphatic rings. The quantitative estimate of drug-likeness (QED) is 0.906.